The van der Waals surface area contributed by atoms with E-state index < -0.39 is 5.60 Å². The van der Waals surface area contributed by atoms with Gasteiger partial charge in [0.1, 0.15) is 5.60 Å². The average Bonchev–Trinajstić information content (AvgIpc) is 3.35. The number of β-amino-alcohol motifs (C(OH)–C–C–N with tert-alkyl or cyclic N) is 1. The van der Waals surface area contributed by atoms with Crippen LogP contribution in [0.5, 0.6) is 0 Å². The molecule has 1 unspecified atom stereocenters. The molecule has 0 spiro atoms. The highest BCUT2D eigenvalue weighted by atomic mass is 16.6. The number of nitrogens with zero attached hydrogens (tertiary/aromatic N) is 2. The molecule has 5 nitrogen and oxygen atoms in total. The predicted octanol–water partition coefficient (Wildman–Crippen LogP) is 5.72. The van der Waals surface area contributed by atoms with E-state index >= 15 is 0 Å². The van der Waals surface area contributed by atoms with E-state index in [4.69, 9.17) is 4.74 Å². The maximum Gasteiger partial charge on any atom is 0.410 e. The maximum absolute atomic E-state index is 13.0. The van der Waals surface area contributed by atoms with Gasteiger partial charge in [0.25, 0.3) is 0 Å². The van der Waals surface area contributed by atoms with Gasteiger partial charge in [-0.25, -0.2) is 4.79 Å². The SMILES string of the molecule is CC(C)(C)OC(=O)N(Cc1cccc(CCC(O)CN2CCc3ccccc3C2)c1)C1CCCC1. The van der Waals surface area contributed by atoms with Crippen molar-refractivity contribution in [2.45, 2.75) is 96.6 Å². The van der Waals surface area contributed by atoms with Crippen molar-refractivity contribution in [3.8, 4) is 0 Å². The van der Waals surface area contributed by atoms with Crippen molar-refractivity contribution in [3.05, 3.63) is 70.8 Å². The molecule has 1 N–H and O–H groups in total. The van der Waals surface area contributed by atoms with Crippen LogP contribution in [0.1, 0.15) is 75.1 Å². The lowest BCUT2D eigenvalue weighted by Gasteiger charge is -2.32. The Morgan fingerprint density at radius 3 is 2.54 bits per heavy atom. The molecule has 0 aromatic heterocycles. The molecule has 2 aromatic rings. The smallest absolute Gasteiger partial charge is 0.410 e. The molecule has 1 fully saturated rings. The largest absolute Gasteiger partial charge is 0.444 e. The van der Waals surface area contributed by atoms with Crippen LogP contribution >= 0.6 is 0 Å². The lowest BCUT2D eigenvalue weighted by molar-refractivity contribution is 0.0145. The molecule has 190 valence electrons. The summed E-state index contributed by atoms with van der Waals surface area (Å²) in [6.45, 7) is 8.98. The first-order chi connectivity index (χ1) is 16.8. The Hall–Kier alpha value is -2.37. The standard InChI is InChI=1S/C30H42N2O3/c1-30(2,3)35-29(34)32(27-13-6-7-14-27)20-24-10-8-9-23(19-24)15-16-28(33)22-31-18-17-25-11-4-5-12-26(25)21-31/h4-5,8-12,19,27-28,33H,6-7,13-18,20-22H2,1-3H3. The summed E-state index contributed by atoms with van der Waals surface area (Å²) in [6.07, 6.45) is 6.50. The van der Waals surface area contributed by atoms with E-state index in [2.05, 4.69) is 53.4 Å². The van der Waals surface area contributed by atoms with Crippen LogP contribution < -0.4 is 0 Å². The number of ether oxygens (including phenoxy) is 1. The van der Waals surface area contributed by atoms with Crippen molar-refractivity contribution in [2.24, 2.45) is 0 Å². The van der Waals surface area contributed by atoms with Gasteiger partial charge in [-0.15, -0.1) is 0 Å². The molecule has 0 radical (unpaired) electrons. The Morgan fingerprint density at radius 2 is 1.80 bits per heavy atom. The molecule has 2 aliphatic rings. The number of aryl methyl sites for hydroxylation is 1. The van der Waals surface area contributed by atoms with Gasteiger partial charge >= 0.3 is 6.09 Å². The van der Waals surface area contributed by atoms with Gasteiger partial charge in [0.15, 0.2) is 0 Å². The van der Waals surface area contributed by atoms with E-state index in [-0.39, 0.29) is 18.2 Å². The van der Waals surface area contributed by atoms with E-state index in [1.165, 1.54) is 29.5 Å². The molecule has 4 rings (SSSR count). The summed E-state index contributed by atoms with van der Waals surface area (Å²) < 4.78 is 5.74. The number of carbonyl (C=O) groups excluding carboxylic acids is 1. The Morgan fingerprint density at radius 1 is 1.09 bits per heavy atom. The van der Waals surface area contributed by atoms with Crippen LogP contribution in [-0.4, -0.2) is 51.8 Å². The van der Waals surface area contributed by atoms with Crippen LogP contribution in [-0.2, 0) is 30.7 Å². The maximum atomic E-state index is 13.0. The van der Waals surface area contributed by atoms with Crippen molar-refractivity contribution < 1.29 is 14.6 Å². The number of aliphatic hydroxyl groups excluding tert-OH is 1. The summed E-state index contributed by atoms with van der Waals surface area (Å²) in [7, 11) is 0. The van der Waals surface area contributed by atoms with Gasteiger partial charge < -0.3 is 14.7 Å². The van der Waals surface area contributed by atoms with Crippen LogP contribution in [0.2, 0.25) is 0 Å². The molecule has 1 heterocycles. The van der Waals surface area contributed by atoms with Gasteiger partial charge in [0.05, 0.1) is 6.10 Å². The molecule has 0 bridgehead atoms. The van der Waals surface area contributed by atoms with Crippen LogP contribution in [0, 0.1) is 0 Å². The zero-order valence-electron chi connectivity index (χ0n) is 21.7. The third-order valence-electron chi connectivity index (χ3n) is 7.18. The number of aliphatic hydroxyl groups is 1. The van der Waals surface area contributed by atoms with Crippen LogP contribution in [0.25, 0.3) is 0 Å². The molecule has 1 aliphatic heterocycles. The first-order valence-corrected chi connectivity index (χ1v) is 13.3. The van der Waals surface area contributed by atoms with Crippen LogP contribution in [0.15, 0.2) is 48.5 Å². The molecule has 1 saturated carbocycles. The second kappa shape index (κ2) is 11.6. The first kappa shape index (κ1) is 25.7. The minimum absolute atomic E-state index is 0.215. The Bertz CT molecular complexity index is 978. The number of fused-ring (bicyclic) bond motifs is 1. The van der Waals surface area contributed by atoms with Crippen molar-refractivity contribution in [1.82, 2.24) is 9.80 Å². The number of hydrogen-bond donors (Lipinski definition) is 1. The Labute approximate surface area is 211 Å². The third-order valence-corrected chi connectivity index (χ3v) is 7.18. The zero-order chi connectivity index (χ0) is 24.8. The lowest BCUT2D eigenvalue weighted by atomic mass is 9.99. The van der Waals surface area contributed by atoms with Gasteiger partial charge in [-0.05, 0) is 75.1 Å². The fourth-order valence-corrected chi connectivity index (χ4v) is 5.39. The van der Waals surface area contributed by atoms with Gasteiger partial charge in [-0.2, -0.15) is 0 Å². The number of carbonyl (C=O) groups is 1. The number of rotatable bonds is 8. The van der Waals surface area contributed by atoms with Crippen molar-refractivity contribution in [1.29, 1.82) is 0 Å². The van der Waals surface area contributed by atoms with Gasteiger partial charge in [-0.3, -0.25) is 4.90 Å². The molecular formula is C30H42N2O3. The van der Waals surface area contributed by atoms with Crippen molar-refractivity contribution >= 4 is 6.09 Å². The summed E-state index contributed by atoms with van der Waals surface area (Å²) in [5, 5.41) is 10.7. The van der Waals surface area contributed by atoms with E-state index in [0.29, 0.717) is 13.1 Å². The van der Waals surface area contributed by atoms with E-state index in [9.17, 15) is 9.90 Å². The molecule has 0 saturated heterocycles. The number of amides is 1. The highest BCUT2D eigenvalue weighted by molar-refractivity contribution is 5.68. The second-order valence-corrected chi connectivity index (χ2v) is 11.3. The molecular weight excluding hydrogens is 436 g/mol. The third kappa shape index (κ3) is 7.55. The average molecular weight is 479 g/mol. The van der Waals surface area contributed by atoms with Gasteiger partial charge in [0, 0.05) is 32.2 Å². The Balaban J connectivity index is 1.32. The van der Waals surface area contributed by atoms with Crippen LogP contribution in [0.4, 0.5) is 4.79 Å². The minimum Gasteiger partial charge on any atom is -0.444 e. The highest BCUT2D eigenvalue weighted by Crippen LogP contribution is 2.27. The molecule has 1 aliphatic carbocycles. The van der Waals surface area contributed by atoms with Crippen LogP contribution in [0.3, 0.4) is 0 Å². The Kier molecular flexibility index (Phi) is 8.51. The molecule has 5 heteroatoms. The van der Waals surface area contributed by atoms with E-state index in [1.54, 1.807) is 0 Å². The highest BCUT2D eigenvalue weighted by Gasteiger charge is 2.30. The fraction of sp³-hybridized carbons (Fsp3) is 0.567. The zero-order valence-corrected chi connectivity index (χ0v) is 21.7. The molecule has 2 aromatic carbocycles. The summed E-state index contributed by atoms with van der Waals surface area (Å²) in [5.74, 6) is 0. The number of benzene rings is 2. The minimum atomic E-state index is -0.498. The van der Waals surface area contributed by atoms with E-state index in [0.717, 1.165) is 50.8 Å². The van der Waals surface area contributed by atoms with Gasteiger partial charge in [0.2, 0.25) is 0 Å². The number of hydrogen-bond acceptors (Lipinski definition) is 4. The topological polar surface area (TPSA) is 53.0 Å². The summed E-state index contributed by atoms with van der Waals surface area (Å²) >= 11 is 0. The first-order valence-electron chi connectivity index (χ1n) is 13.3. The molecule has 1 atom stereocenters. The van der Waals surface area contributed by atoms with Crippen molar-refractivity contribution in [2.75, 3.05) is 13.1 Å². The van der Waals surface area contributed by atoms with E-state index in [1.807, 2.05) is 25.7 Å². The quantitative estimate of drug-likeness (QED) is 0.527. The normalized spacial score (nSPS) is 17.7. The molecule has 1 amide bonds. The second-order valence-electron chi connectivity index (χ2n) is 11.3. The molecule has 35 heavy (non-hydrogen) atoms. The summed E-state index contributed by atoms with van der Waals surface area (Å²) in [5.41, 5.74) is 4.66. The lowest BCUT2D eigenvalue weighted by Crippen LogP contribution is -2.41. The predicted molar refractivity (Wildman–Crippen MR) is 140 cm³/mol. The fourth-order valence-electron chi connectivity index (χ4n) is 5.39. The van der Waals surface area contributed by atoms with Gasteiger partial charge in [-0.1, -0.05) is 61.4 Å². The summed E-state index contributed by atoms with van der Waals surface area (Å²) in [6, 6.07) is 17.4. The summed E-state index contributed by atoms with van der Waals surface area (Å²) in [4.78, 5) is 17.3. The van der Waals surface area contributed by atoms with Crippen molar-refractivity contribution in [3.63, 3.8) is 0 Å². The monoisotopic (exact) mass is 478 g/mol.